The van der Waals surface area contributed by atoms with Crippen LogP contribution in [0.5, 0.6) is 0 Å². The van der Waals surface area contributed by atoms with E-state index < -0.39 is 5.76 Å². The first-order valence-electron chi connectivity index (χ1n) is 9.01. The highest BCUT2D eigenvalue weighted by atomic mass is 32.2. The lowest BCUT2D eigenvalue weighted by molar-refractivity contribution is -0.113. The number of aromatic nitrogens is 3. The number of amides is 1. The molecular formula is C19H18F2N4O2S2. The smallest absolute Gasteiger partial charge is 0.288 e. The number of nitrogens with zero attached hydrogens (tertiary/aromatic N) is 3. The average Bonchev–Trinajstić information content (AvgIpc) is 3.25. The van der Waals surface area contributed by atoms with Crippen molar-refractivity contribution < 1.29 is 18.0 Å². The van der Waals surface area contributed by atoms with E-state index in [0.717, 1.165) is 24.4 Å². The molecule has 0 radical (unpaired) electrons. The Labute approximate surface area is 174 Å². The van der Waals surface area contributed by atoms with Crippen LogP contribution in [0.4, 0.5) is 14.5 Å². The zero-order valence-electron chi connectivity index (χ0n) is 15.3. The second kappa shape index (κ2) is 9.00. The monoisotopic (exact) mass is 436 g/mol. The zero-order valence-corrected chi connectivity index (χ0v) is 16.9. The molecule has 1 N–H and O–H groups in total. The van der Waals surface area contributed by atoms with Gasteiger partial charge in [-0.1, -0.05) is 23.5 Å². The summed E-state index contributed by atoms with van der Waals surface area (Å²) < 4.78 is 32.2. The van der Waals surface area contributed by atoms with E-state index in [4.69, 9.17) is 4.42 Å². The number of hydrogen-bond acceptors (Lipinski definition) is 6. The van der Waals surface area contributed by atoms with Gasteiger partial charge >= 0.3 is 0 Å². The van der Waals surface area contributed by atoms with Gasteiger partial charge < -0.3 is 9.73 Å². The Morgan fingerprint density at radius 2 is 2.03 bits per heavy atom. The average molecular weight is 437 g/mol. The van der Waals surface area contributed by atoms with E-state index in [9.17, 15) is 13.6 Å². The predicted octanol–water partition coefficient (Wildman–Crippen LogP) is 4.84. The van der Waals surface area contributed by atoms with Gasteiger partial charge in [-0.25, -0.2) is 0 Å². The third kappa shape index (κ3) is 5.39. The van der Waals surface area contributed by atoms with Crippen LogP contribution < -0.4 is 5.32 Å². The van der Waals surface area contributed by atoms with Crippen LogP contribution in [-0.4, -0.2) is 32.2 Å². The molecule has 0 unspecified atom stereocenters. The minimum absolute atomic E-state index is 0.161. The van der Waals surface area contributed by atoms with Crippen molar-refractivity contribution in [1.82, 2.24) is 14.8 Å². The number of anilines is 1. The van der Waals surface area contributed by atoms with Gasteiger partial charge in [0.15, 0.2) is 5.16 Å². The van der Waals surface area contributed by atoms with Gasteiger partial charge in [0, 0.05) is 16.5 Å². The predicted molar refractivity (Wildman–Crippen MR) is 107 cm³/mol. The van der Waals surface area contributed by atoms with E-state index in [0.29, 0.717) is 40.0 Å². The van der Waals surface area contributed by atoms with Crippen LogP contribution in [0, 0.1) is 0 Å². The second-order valence-electron chi connectivity index (χ2n) is 6.52. The Bertz CT molecular complexity index is 957. The van der Waals surface area contributed by atoms with Crippen LogP contribution in [0.15, 0.2) is 57.1 Å². The van der Waals surface area contributed by atoms with Gasteiger partial charge in [0.05, 0.1) is 18.6 Å². The molecule has 1 amide bonds. The molecule has 1 fully saturated rings. The van der Waals surface area contributed by atoms with Gasteiger partial charge in [-0.3, -0.25) is 9.36 Å². The SMILES string of the molecule is O=C(CSc1nnc(C2CC2)n1Cc1ccco1)Nc1ccc(SC(F)F)cc1. The lowest BCUT2D eigenvalue weighted by Crippen LogP contribution is -2.15. The zero-order chi connectivity index (χ0) is 20.2. The van der Waals surface area contributed by atoms with E-state index in [1.165, 1.54) is 11.8 Å². The number of rotatable bonds is 9. The lowest BCUT2D eigenvalue weighted by Gasteiger charge is -2.09. The van der Waals surface area contributed by atoms with Crippen molar-refractivity contribution in [3.63, 3.8) is 0 Å². The summed E-state index contributed by atoms with van der Waals surface area (Å²) in [7, 11) is 0. The van der Waals surface area contributed by atoms with Gasteiger partial charge in [0.1, 0.15) is 11.6 Å². The third-order valence-electron chi connectivity index (χ3n) is 4.28. The molecule has 0 atom stereocenters. The van der Waals surface area contributed by atoms with Crippen LogP contribution in [0.3, 0.4) is 0 Å². The molecule has 2 heterocycles. The minimum Gasteiger partial charge on any atom is -0.467 e. The van der Waals surface area contributed by atoms with Gasteiger partial charge in [-0.05, 0) is 49.2 Å². The number of carbonyl (C=O) groups excluding carboxylic acids is 1. The minimum atomic E-state index is -2.47. The van der Waals surface area contributed by atoms with Crippen LogP contribution in [0.2, 0.25) is 0 Å². The first kappa shape index (κ1) is 20.0. The first-order chi connectivity index (χ1) is 14.1. The largest absolute Gasteiger partial charge is 0.467 e. The molecule has 10 heteroatoms. The summed E-state index contributed by atoms with van der Waals surface area (Å²) in [6, 6.07) is 10.1. The molecule has 0 saturated heterocycles. The molecule has 1 aliphatic rings. The summed E-state index contributed by atoms with van der Waals surface area (Å²) in [6.07, 6.45) is 3.82. The molecule has 0 spiro atoms. The summed E-state index contributed by atoms with van der Waals surface area (Å²) >= 11 is 1.78. The Kier molecular flexibility index (Phi) is 6.19. The van der Waals surface area contributed by atoms with Crippen molar-refractivity contribution in [2.24, 2.45) is 0 Å². The summed E-state index contributed by atoms with van der Waals surface area (Å²) in [4.78, 5) is 12.7. The van der Waals surface area contributed by atoms with E-state index in [2.05, 4.69) is 15.5 Å². The molecule has 1 aromatic carbocycles. The molecule has 3 aromatic rings. The maximum absolute atomic E-state index is 12.4. The van der Waals surface area contributed by atoms with Crippen LogP contribution in [-0.2, 0) is 11.3 Å². The number of furan rings is 1. The summed E-state index contributed by atoms with van der Waals surface area (Å²) in [5, 5.41) is 12.0. The topological polar surface area (TPSA) is 73.0 Å². The highest BCUT2D eigenvalue weighted by Gasteiger charge is 2.30. The van der Waals surface area contributed by atoms with Gasteiger partial charge in [-0.2, -0.15) is 8.78 Å². The summed E-state index contributed by atoms with van der Waals surface area (Å²) in [5.41, 5.74) is 0.560. The number of alkyl halides is 2. The molecule has 1 aliphatic carbocycles. The quantitative estimate of drug-likeness (QED) is 0.484. The lowest BCUT2D eigenvalue weighted by atomic mass is 10.3. The van der Waals surface area contributed by atoms with Gasteiger partial charge in [-0.15, -0.1) is 10.2 Å². The highest BCUT2D eigenvalue weighted by Crippen LogP contribution is 2.40. The van der Waals surface area contributed by atoms with Gasteiger partial charge in [0.25, 0.3) is 5.76 Å². The molecule has 6 nitrogen and oxygen atoms in total. The molecule has 152 valence electrons. The Morgan fingerprint density at radius 3 is 2.69 bits per heavy atom. The normalized spacial score (nSPS) is 13.8. The van der Waals surface area contributed by atoms with E-state index in [-0.39, 0.29) is 11.7 Å². The molecular weight excluding hydrogens is 418 g/mol. The van der Waals surface area contributed by atoms with Crippen LogP contribution >= 0.6 is 23.5 Å². The van der Waals surface area contributed by atoms with Crippen molar-refractivity contribution >= 4 is 35.1 Å². The molecule has 0 bridgehead atoms. The molecule has 4 rings (SSSR count). The van der Waals surface area contributed by atoms with Crippen molar-refractivity contribution in [2.45, 2.75) is 41.1 Å². The molecule has 0 aliphatic heterocycles. The van der Waals surface area contributed by atoms with Crippen LogP contribution in [0.1, 0.15) is 30.3 Å². The fraction of sp³-hybridized carbons (Fsp3) is 0.316. The number of hydrogen-bond donors (Lipinski definition) is 1. The number of thioether (sulfide) groups is 2. The number of carbonyl (C=O) groups is 1. The van der Waals surface area contributed by atoms with Crippen molar-refractivity contribution in [3.05, 3.63) is 54.2 Å². The summed E-state index contributed by atoms with van der Waals surface area (Å²) in [5.74, 6) is -0.355. The van der Waals surface area contributed by atoms with Gasteiger partial charge in [0.2, 0.25) is 5.91 Å². The third-order valence-corrected chi connectivity index (χ3v) is 5.97. The second-order valence-corrected chi connectivity index (χ2v) is 8.53. The fourth-order valence-electron chi connectivity index (χ4n) is 2.80. The maximum atomic E-state index is 12.4. The van der Waals surface area contributed by atoms with E-state index in [1.807, 2.05) is 16.7 Å². The van der Waals surface area contributed by atoms with E-state index >= 15 is 0 Å². The van der Waals surface area contributed by atoms with Crippen LogP contribution in [0.25, 0.3) is 0 Å². The number of halogens is 2. The van der Waals surface area contributed by atoms with E-state index in [1.54, 1.807) is 30.5 Å². The van der Waals surface area contributed by atoms with Crippen molar-refractivity contribution in [2.75, 3.05) is 11.1 Å². The Morgan fingerprint density at radius 1 is 1.24 bits per heavy atom. The highest BCUT2D eigenvalue weighted by molar-refractivity contribution is 8.00. The standard InChI is InChI=1S/C19H18F2N4O2S2/c20-18(21)29-15-7-5-13(6-8-15)22-16(26)11-28-19-24-23-17(12-3-4-12)25(19)10-14-2-1-9-27-14/h1-2,5-9,12,18H,3-4,10-11H2,(H,22,26). The Hall–Kier alpha value is -2.33. The number of nitrogens with one attached hydrogen (secondary N) is 1. The fourth-order valence-corrected chi connectivity index (χ4v) is 4.05. The Balaban J connectivity index is 1.36. The maximum Gasteiger partial charge on any atom is 0.288 e. The molecule has 1 saturated carbocycles. The summed E-state index contributed by atoms with van der Waals surface area (Å²) in [6.45, 7) is 0.527. The van der Waals surface area contributed by atoms with Crippen molar-refractivity contribution in [1.29, 1.82) is 0 Å². The molecule has 29 heavy (non-hydrogen) atoms. The van der Waals surface area contributed by atoms with Crippen molar-refractivity contribution in [3.8, 4) is 0 Å². The first-order valence-corrected chi connectivity index (χ1v) is 10.9. The molecule has 2 aromatic heterocycles. The number of benzene rings is 1.